The number of ether oxygens (including phenoxy) is 2. The van der Waals surface area contributed by atoms with Crippen molar-refractivity contribution in [3.8, 4) is 22.8 Å². The summed E-state index contributed by atoms with van der Waals surface area (Å²) in [5.74, 6) is 1.17. The van der Waals surface area contributed by atoms with Gasteiger partial charge in [0, 0.05) is 29.4 Å². The topological polar surface area (TPSA) is 99.8 Å². The smallest absolute Gasteiger partial charge is 0.293 e. The number of amides is 1. The van der Waals surface area contributed by atoms with Crippen LogP contribution in [-0.2, 0) is 17.8 Å². The van der Waals surface area contributed by atoms with Gasteiger partial charge in [0.05, 0.1) is 19.9 Å². The van der Waals surface area contributed by atoms with E-state index in [4.69, 9.17) is 9.47 Å². The molecule has 1 N–H and O–H groups in total. The first kappa shape index (κ1) is 22.1. The Hall–Kier alpha value is -4.14. The summed E-state index contributed by atoms with van der Waals surface area (Å²) in [6, 6.07) is 14.8. The van der Waals surface area contributed by atoms with Crippen molar-refractivity contribution in [2.75, 3.05) is 19.5 Å². The third-order valence-corrected chi connectivity index (χ3v) is 5.32. The molecule has 0 spiro atoms. The zero-order valence-corrected chi connectivity index (χ0v) is 19.0. The lowest BCUT2D eigenvalue weighted by molar-refractivity contribution is -0.117. The van der Waals surface area contributed by atoms with Crippen LogP contribution in [0.15, 0.2) is 53.3 Å². The van der Waals surface area contributed by atoms with Crippen LogP contribution in [0, 0.1) is 6.92 Å². The molecule has 0 unspecified atom stereocenters. The van der Waals surface area contributed by atoms with Gasteiger partial charge in [0.15, 0.2) is 0 Å². The predicted molar refractivity (Wildman–Crippen MR) is 125 cm³/mol. The number of aromatic nitrogens is 4. The minimum absolute atomic E-state index is 0.249. The first-order chi connectivity index (χ1) is 15.9. The SMILES string of the molecule is CCc1ccc(-c2cc3c(=O)n(CC(=O)Nc4cc(OC)cc(OC)c4)nc(C)n3n2)cc1. The summed E-state index contributed by atoms with van der Waals surface area (Å²) in [6.45, 7) is 3.59. The highest BCUT2D eigenvalue weighted by Gasteiger charge is 2.15. The lowest BCUT2D eigenvalue weighted by atomic mass is 10.1. The highest BCUT2D eigenvalue weighted by molar-refractivity contribution is 5.91. The Morgan fingerprint density at radius 3 is 2.27 bits per heavy atom. The molecule has 33 heavy (non-hydrogen) atoms. The van der Waals surface area contributed by atoms with Gasteiger partial charge in [-0.3, -0.25) is 9.59 Å². The number of methoxy groups -OCH3 is 2. The molecule has 4 aromatic rings. The van der Waals surface area contributed by atoms with E-state index in [2.05, 4.69) is 22.4 Å². The van der Waals surface area contributed by atoms with Crippen molar-refractivity contribution in [1.82, 2.24) is 19.4 Å². The van der Waals surface area contributed by atoms with Gasteiger partial charge in [-0.15, -0.1) is 0 Å². The number of fused-ring (bicyclic) bond motifs is 1. The van der Waals surface area contributed by atoms with Crippen molar-refractivity contribution in [3.63, 3.8) is 0 Å². The average molecular weight is 447 g/mol. The lowest BCUT2D eigenvalue weighted by Crippen LogP contribution is -2.31. The molecule has 0 fully saturated rings. The number of hydrogen-bond donors (Lipinski definition) is 1. The van der Waals surface area contributed by atoms with Crippen LogP contribution in [-0.4, -0.2) is 39.5 Å². The predicted octanol–water partition coefficient (Wildman–Crippen LogP) is 3.08. The Balaban J connectivity index is 1.61. The fraction of sp³-hybridized carbons (Fsp3) is 0.250. The molecule has 0 atom stereocenters. The van der Waals surface area contributed by atoms with E-state index >= 15 is 0 Å². The number of anilines is 1. The molecule has 1 amide bonds. The second-order valence-electron chi connectivity index (χ2n) is 7.54. The maximum Gasteiger partial charge on any atom is 0.293 e. The summed E-state index contributed by atoms with van der Waals surface area (Å²) in [5.41, 5.74) is 3.25. The number of carbonyl (C=O) groups excluding carboxylic acids is 1. The summed E-state index contributed by atoms with van der Waals surface area (Å²) in [5, 5.41) is 11.6. The highest BCUT2D eigenvalue weighted by atomic mass is 16.5. The number of nitrogens with zero attached hydrogens (tertiary/aromatic N) is 4. The molecular weight excluding hydrogens is 422 g/mol. The first-order valence-electron chi connectivity index (χ1n) is 10.5. The largest absolute Gasteiger partial charge is 0.497 e. The molecule has 0 aliphatic heterocycles. The van der Waals surface area contributed by atoms with Crippen molar-refractivity contribution in [1.29, 1.82) is 0 Å². The molecule has 0 radical (unpaired) electrons. The van der Waals surface area contributed by atoms with E-state index in [1.807, 2.05) is 24.3 Å². The minimum Gasteiger partial charge on any atom is -0.497 e. The molecule has 0 aliphatic carbocycles. The molecule has 2 aromatic heterocycles. The average Bonchev–Trinajstić information content (AvgIpc) is 3.28. The quantitative estimate of drug-likeness (QED) is 0.467. The van der Waals surface area contributed by atoms with Crippen molar-refractivity contribution in [2.45, 2.75) is 26.8 Å². The van der Waals surface area contributed by atoms with Gasteiger partial charge < -0.3 is 14.8 Å². The van der Waals surface area contributed by atoms with Gasteiger partial charge in [-0.05, 0) is 25.0 Å². The molecule has 2 aromatic carbocycles. The molecule has 0 saturated carbocycles. The van der Waals surface area contributed by atoms with Crippen molar-refractivity contribution < 1.29 is 14.3 Å². The summed E-state index contributed by atoms with van der Waals surface area (Å²) in [6.07, 6.45) is 0.948. The third-order valence-electron chi connectivity index (χ3n) is 5.32. The van der Waals surface area contributed by atoms with Crippen LogP contribution in [0.5, 0.6) is 11.5 Å². The first-order valence-corrected chi connectivity index (χ1v) is 10.5. The van der Waals surface area contributed by atoms with E-state index in [1.54, 1.807) is 31.2 Å². The molecule has 0 bridgehead atoms. The van der Waals surface area contributed by atoms with Gasteiger partial charge in [-0.1, -0.05) is 31.2 Å². The number of aryl methyl sites for hydroxylation is 2. The van der Waals surface area contributed by atoms with E-state index in [9.17, 15) is 9.59 Å². The summed E-state index contributed by atoms with van der Waals surface area (Å²) < 4.78 is 13.1. The number of benzene rings is 2. The summed E-state index contributed by atoms with van der Waals surface area (Å²) in [4.78, 5) is 25.7. The van der Waals surface area contributed by atoms with Crippen LogP contribution in [0.25, 0.3) is 16.8 Å². The zero-order valence-electron chi connectivity index (χ0n) is 19.0. The molecule has 4 rings (SSSR count). The summed E-state index contributed by atoms with van der Waals surface area (Å²) in [7, 11) is 3.06. The normalized spacial score (nSPS) is 10.9. The van der Waals surface area contributed by atoms with E-state index < -0.39 is 11.5 Å². The molecule has 9 nitrogen and oxygen atoms in total. The highest BCUT2D eigenvalue weighted by Crippen LogP contribution is 2.25. The van der Waals surface area contributed by atoms with Crippen LogP contribution in [0.4, 0.5) is 5.69 Å². The molecule has 170 valence electrons. The van der Waals surface area contributed by atoms with Crippen molar-refractivity contribution >= 4 is 17.1 Å². The van der Waals surface area contributed by atoms with Gasteiger partial charge in [0.2, 0.25) is 5.91 Å². The van der Waals surface area contributed by atoms with Crippen LogP contribution < -0.4 is 20.3 Å². The molecule has 0 aliphatic rings. The van der Waals surface area contributed by atoms with E-state index in [1.165, 1.54) is 24.3 Å². The standard InChI is InChI=1S/C24H25N5O4/c1-5-16-6-8-17(9-7-16)21-13-22-24(31)28(26-15(2)29(22)27-21)14-23(30)25-18-10-19(32-3)12-20(11-18)33-4/h6-13H,5,14H2,1-4H3,(H,25,30). The van der Waals surface area contributed by atoms with Crippen LogP contribution in [0.1, 0.15) is 18.3 Å². The molecular formula is C24H25N5O4. The van der Waals surface area contributed by atoms with Gasteiger partial charge in [0.1, 0.15) is 29.4 Å². The third kappa shape index (κ3) is 4.57. The van der Waals surface area contributed by atoms with Gasteiger partial charge >= 0.3 is 0 Å². The van der Waals surface area contributed by atoms with Crippen LogP contribution in [0.3, 0.4) is 0 Å². The fourth-order valence-electron chi connectivity index (χ4n) is 3.55. The minimum atomic E-state index is -0.404. The zero-order chi connectivity index (χ0) is 23.5. The maximum atomic E-state index is 13.0. The Kier molecular flexibility index (Phi) is 6.12. The molecule has 9 heteroatoms. The Labute approximate surface area is 190 Å². The monoisotopic (exact) mass is 447 g/mol. The number of rotatable bonds is 7. The second-order valence-corrected chi connectivity index (χ2v) is 7.54. The van der Waals surface area contributed by atoms with Gasteiger partial charge in [-0.2, -0.15) is 10.2 Å². The molecule has 2 heterocycles. The Morgan fingerprint density at radius 2 is 1.67 bits per heavy atom. The Morgan fingerprint density at radius 1 is 1.00 bits per heavy atom. The van der Waals surface area contributed by atoms with Crippen LogP contribution in [0.2, 0.25) is 0 Å². The number of nitrogens with one attached hydrogen (secondary N) is 1. The summed E-state index contributed by atoms with van der Waals surface area (Å²) >= 11 is 0. The Bertz CT molecular complexity index is 1350. The van der Waals surface area contributed by atoms with Crippen molar-refractivity contribution in [3.05, 3.63) is 70.3 Å². The van der Waals surface area contributed by atoms with E-state index in [0.29, 0.717) is 34.2 Å². The second kappa shape index (κ2) is 9.15. The van der Waals surface area contributed by atoms with Gasteiger partial charge in [0.25, 0.3) is 5.56 Å². The van der Waals surface area contributed by atoms with E-state index in [-0.39, 0.29) is 6.54 Å². The van der Waals surface area contributed by atoms with Crippen LogP contribution >= 0.6 is 0 Å². The van der Waals surface area contributed by atoms with Gasteiger partial charge in [-0.25, -0.2) is 9.20 Å². The maximum absolute atomic E-state index is 13.0. The molecule has 0 saturated heterocycles. The number of hydrogen-bond acceptors (Lipinski definition) is 6. The lowest BCUT2D eigenvalue weighted by Gasteiger charge is -2.11. The fourth-order valence-corrected chi connectivity index (χ4v) is 3.55. The number of carbonyl (C=O) groups is 1. The van der Waals surface area contributed by atoms with Crippen molar-refractivity contribution in [2.24, 2.45) is 0 Å². The van der Waals surface area contributed by atoms with E-state index in [0.717, 1.165) is 16.7 Å².